The smallest absolute Gasteiger partial charge is 0.323 e. The highest BCUT2D eigenvalue weighted by atomic mass is 16.5. The quantitative estimate of drug-likeness (QED) is 0.414. The molecule has 2 rings (SSSR count). The van der Waals surface area contributed by atoms with Crippen LogP contribution in [0.3, 0.4) is 0 Å². The first-order valence-electron chi connectivity index (χ1n) is 9.56. The number of aliphatic carboxylic acids is 2. The Balaban J connectivity index is 2.19. The van der Waals surface area contributed by atoms with E-state index in [4.69, 9.17) is 10.2 Å². The van der Waals surface area contributed by atoms with Gasteiger partial charge >= 0.3 is 11.9 Å². The number of rotatable bonds is 6. The van der Waals surface area contributed by atoms with E-state index in [0.29, 0.717) is 57.2 Å². The molecule has 0 radical (unpaired) electrons. The zero-order chi connectivity index (χ0) is 21.2. The van der Waals surface area contributed by atoms with Crippen LogP contribution in [0.4, 0.5) is 0 Å². The minimum Gasteiger partial charge on any atom is -0.618 e. The molecule has 10 nitrogen and oxygen atoms in total. The van der Waals surface area contributed by atoms with Crippen LogP contribution in [0, 0.1) is 12.1 Å². The van der Waals surface area contributed by atoms with Gasteiger partial charge in [0.05, 0.1) is 6.54 Å². The van der Waals surface area contributed by atoms with E-state index in [1.54, 1.807) is 36.4 Å². The van der Waals surface area contributed by atoms with Crippen molar-refractivity contribution in [1.82, 2.24) is 20.0 Å². The molecule has 160 valence electrons. The first kappa shape index (κ1) is 22.4. The maximum Gasteiger partial charge on any atom is 0.323 e. The third-order valence-corrected chi connectivity index (χ3v) is 4.64. The molecular formula is C19H29N5O5. The molecule has 0 fully saturated rings. The van der Waals surface area contributed by atoms with Crippen LogP contribution in [0.1, 0.15) is 11.4 Å². The molecule has 0 spiro atoms. The normalized spacial score (nSPS) is 18.0. The molecular weight excluding hydrogens is 378 g/mol. The van der Waals surface area contributed by atoms with Crippen LogP contribution in [0.5, 0.6) is 0 Å². The van der Waals surface area contributed by atoms with Gasteiger partial charge in [0.1, 0.15) is 13.1 Å². The van der Waals surface area contributed by atoms with Gasteiger partial charge < -0.3 is 30.5 Å². The Bertz CT molecular complexity index is 727. The fourth-order valence-corrected chi connectivity index (χ4v) is 3.08. The molecule has 0 bridgehead atoms. The molecule has 29 heavy (non-hydrogen) atoms. The standard InChI is InChI=1S/C19H29N5O5/c1-16-3-2-4-17(24(16)29)13-23-11-9-21(14-18(25)26)7-5-20-6-8-22(10-12-23)15-19(27)28/h2-4,9,11,20H,5-8,10,12-15H2,1H3,(H,25,26)(H,27,28)/b11-9-. The molecule has 0 unspecified atom stereocenters. The SMILES string of the molecule is Cc1cccc(CN2/C=C\N(CC(=O)O)CCNCCN(CC(=O)O)CC2)[n+]1[O-]. The number of nitrogens with one attached hydrogen (secondary N) is 1. The molecule has 0 saturated heterocycles. The summed E-state index contributed by atoms with van der Waals surface area (Å²) in [6, 6.07) is 5.30. The molecule has 1 aliphatic rings. The Morgan fingerprint density at radius 2 is 1.72 bits per heavy atom. The Morgan fingerprint density at radius 1 is 1.03 bits per heavy atom. The largest absolute Gasteiger partial charge is 0.618 e. The molecule has 0 amide bonds. The Kier molecular flexibility index (Phi) is 8.68. The van der Waals surface area contributed by atoms with Gasteiger partial charge in [0, 0.05) is 70.7 Å². The first-order chi connectivity index (χ1) is 13.8. The number of aryl methyl sites for hydroxylation is 1. The minimum atomic E-state index is -0.919. The van der Waals surface area contributed by atoms with Gasteiger partial charge in [-0.15, -0.1) is 0 Å². The molecule has 1 aromatic heterocycles. The summed E-state index contributed by atoms with van der Waals surface area (Å²) in [5.74, 6) is -1.81. The number of aromatic nitrogens is 1. The van der Waals surface area contributed by atoms with Gasteiger partial charge in [-0.25, -0.2) is 0 Å². The summed E-state index contributed by atoms with van der Waals surface area (Å²) in [7, 11) is 0. The van der Waals surface area contributed by atoms with E-state index >= 15 is 0 Å². The minimum absolute atomic E-state index is 0.0592. The van der Waals surface area contributed by atoms with E-state index in [2.05, 4.69) is 5.32 Å². The molecule has 3 N–H and O–H groups in total. The van der Waals surface area contributed by atoms with Crippen LogP contribution in [0.15, 0.2) is 30.6 Å². The topological polar surface area (TPSA) is 123 Å². The van der Waals surface area contributed by atoms with Crippen molar-refractivity contribution >= 4 is 11.9 Å². The summed E-state index contributed by atoms with van der Waals surface area (Å²) in [5.41, 5.74) is 1.16. The van der Waals surface area contributed by atoms with Crippen LogP contribution < -0.4 is 10.0 Å². The van der Waals surface area contributed by atoms with Gasteiger partial charge in [-0.3, -0.25) is 14.5 Å². The number of carbonyl (C=O) groups is 2. The fourth-order valence-electron chi connectivity index (χ4n) is 3.08. The van der Waals surface area contributed by atoms with Gasteiger partial charge in [0.15, 0.2) is 5.69 Å². The molecule has 1 aromatic rings. The molecule has 0 aliphatic carbocycles. The van der Waals surface area contributed by atoms with Crippen molar-refractivity contribution < 1.29 is 24.5 Å². The van der Waals surface area contributed by atoms with Gasteiger partial charge in [0.2, 0.25) is 5.69 Å². The summed E-state index contributed by atoms with van der Waals surface area (Å²) >= 11 is 0. The zero-order valence-corrected chi connectivity index (χ0v) is 16.7. The fraction of sp³-hybridized carbons (Fsp3) is 0.526. The second-order valence-corrected chi connectivity index (χ2v) is 7.01. The molecule has 0 aromatic carbocycles. The van der Waals surface area contributed by atoms with Crippen molar-refractivity contribution in [2.45, 2.75) is 13.5 Å². The first-order valence-corrected chi connectivity index (χ1v) is 9.56. The van der Waals surface area contributed by atoms with Crippen LogP contribution in [0.2, 0.25) is 0 Å². The van der Waals surface area contributed by atoms with E-state index < -0.39 is 11.9 Å². The molecule has 10 heteroatoms. The van der Waals surface area contributed by atoms with Gasteiger partial charge in [-0.2, -0.15) is 4.73 Å². The molecule has 2 heterocycles. The predicted molar refractivity (Wildman–Crippen MR) is 106 cm³/mol. The highest BCUT2D eigenvalue weighted by Gasteiger charge is 2.16. The number of hydrogen-bond acceptors (Lipinski definition) is 7. The number of pyridine rings is 1. The van der Waals surface area contributed by atoms with Crippen LogP contribution in [0.25, 0.3) is 0 Å². The molecule has 0 saturated carbocycles. The maximum atomic E-state index is 12.3. The lowest BCUT2D eigenvalue weighted by Gasteiger charge is -2.28. The van der Waals surface area contributed by atoms with E-state index in [1.165, 1.54) is 0 Å². The lowest BCUT2D eigenvalue weighted by Crippen LogP contribution is -2.43. The van der Waals surface area contributed by atoms with Gasteiger partial charge in [-0.05, 0) is 6.07 Å². The Hall–Kier alpha value is -2.85. The van der Waals surface area contributed by atoms with Crippen molar-refractivity contribution in [2.24, 2.45) is 0 Å². The third-order valence-electron chi connectivity index (χ3n) is 4.64. The third kappa shape index (κ3) is 7.96. The van der Waals surface area contributed by atoms with E-state index in [9.17, 15) is 14.8 Å². The highest BCUT2D eigenvalue weighted by molar-refractivity contribution is 5.69. The highest BCUT2D eigenvalue weighted by Crippen LogP contribution is 2.05. The van der Waals surface area contributed by atoms with Crippen molar-refractivity contribution in [1.29, 1.82) is 0 Å². The number of nitrogens with zero attached hydrogens (tertiary/aromatic N) is 4. The average Bonchev–Trinajstić information content (AvgIpc) is 2.64. The number of hydrogen-bond donors (Lipinski definition) is 3. The predicted octanol–water partition coefficient (Wildman–Crippen LogP) is -0.722. The number of carboxylic acids is 2. The van der Waals surface area contributed by atoms with Crippen molar-refractivity contribution in [3.05, 3.63) is 47.2 Å². The summed E-state index contributed by atoms with van der Waals surface area (Å²) in [6.45, 7) is 5.14. The zero-order valence-electron chi connectivity index (χ0n) is 16.7. The van der Waals surface area contributed by atoms with Crippen LogP contribution in [-0.2, 0) is 16.1 Å². The summed E-state index contributed by atoms with van der Waals surface area (Å²) in [6.07, 6.45) is 3.48. The van der Waals surface area contributed by atoms with Crippen LogP contribution in [-0.4, -0.2) is 89.2 Å². The molecule has 1 aliphatic heterocycles. The Morgan fingerprint density at radius 3 is 2.45 bits per heavy atom. The van der Waals surface area contributed by atoms with Gasteiger partial charge in [0.25, 0.3) is 0 Å². The maximum absolute atomic E-state index is 12.3. The van der Waals surface area contributed by atoms with E-state index in [0.717, 1.165) is 4.73 Å². The molecule has 0 atom stereocenters. The summed E-state index contributed by atoms with van der Waals surface area (Å²) < 4.78 is 0.873. The van der Waals surface area contributed by atoms with Crippen molar-refractivity contribution in [2.75, 3.05) is 52.4 Å². The summed E-state index contributed by atoms with van der Waals surface area (Å²) in [4.78, 5) is 27.7. The Labute approximate surface area is 170 Å². The van der Waals surface area contributed by atoms with Crippen molar-refractivity contribution in [3.63, 3.8) is 0 Å². The lowest BCUT2D eigenvalue weighted by molar-refractivity contribution is -0.621. The average molecular weight is 407 g/mol. The monoisotopic (exact) mass is 407 g/mol. The van der Waals surface area contributed by atoms with Crippen LogP contribution >= 0.6 is 0 Å². The van der Waals surface area contributed by atoms with Gasteiger partial charge in [-0.1, -0.05) is 0 Å². The van der Waals surface area contributed by atoms with Crippen molar-refractivity contribution in [3.8, 4) is 0 Å². The number of carboxylic acid groups (broad SMARTS) is 2. The lowest BCUT2D eigenvalue weighted by atomic mass is 10.3. The van der Waals surface area contributed by atoms with E-state index in [-0.39, 0.29) is 13.1 Å². The second-order valence-electron chi connectivity index (χ2n) is 7.01. The second kappa shape index (κ2) is 11.2. The van der Waals surface area contributed by atoms with E-state index in [1.807, 2.05) is 15.9 Å². The summed E-state index contributed by atoms with van der Waals surface area (Å²) in [5, 5.41) is 33.8.